The molecule has 0 saturated heterocycles. The van der Waals surface area contributed by atoms with Gasteiger partial charge in [0.05, 0.1) is 22.1 Å². The maximum absolute atomic E-state index is 5.18. The largest absolute Gasteiger partial charge is 0.289 e. The smallest absolute Gasteiger partial charge is 0.196 e. The van der Waals surface area contributed by atoms with E-state index in [9.17, 15) is 0 Å². The van der Waals surface area contributed by atoms with Crippen molar-refractivity contribution < 1.29 is 0 Å². The Kier molecular flexibility index (Phi) is 6.00. The summed E-state index contributed by atoms with van der Waals surface area (Å²) in [7, 11) is 0. The van der Waals surface area contributed by atoms with Crippen LogP contribution in [0, 0.1) is 0 Å². The number of aromatic nitrogens is 4. The zero-order valence-corrected chi connectivity index (χ0v) is 25.0. The summed E-state index contributed by atoms with van der Waals surface area (Å²) < 4.78 is 2.27. The van der Waals surface area contributed by atoms with Crippen LogP contribution in [0.5, 0.6) is 0 Å². The lowest BCUT2D eigenvalue weighted by Crippen LogP contribution is -2.35. The number of hydrogen-bond donors (Lipinski definition) is 0. The first-order valence-corrected chi connectivity index (χ1v) is 15.5. The third kappa shape index (κ3) is 3.83. The molecular weight excluding hydrogens is 560 g/mol. The van der Waals surface area contributed by atoms with Crippen molar-refractivity contribution in [2.45, 2.75) is 5.41 Å². The average molecular weight is 589 g/mol. The van der Waals surface area contributed by atoms with E-state index < -0.39 is 5.41 Å². The summed E-state index contributed by atoms with van der Waals surface area (Å²) in [5, 5.41) is 0. The fraction of sp³-hybridized carbons (Fsp3) is 0.0238. The molecule has 4 heteroatoms. The van der Waals surface area contributed by atoms with Crippen LogP contribution in [0.4, 0.5) is 0 Å². The fourth-order valence-electron chi connectivity index (χ4n) is 7.34. The summed E-state index contributed by atoms with van der Waals surface area (Å²) in [5.74, 6) is 1.33. The van der Waals surface area contributed by atoms with Crippen LogP contribution in [-0.4, -0.2) is 19.5 Å². The minimum atomic E-state index is -0.611. The van der Waals surface area contributed by atoms with Crippen LogP contribution in [0.15, 0.2) is 170 Å². The van der Waals surface area contributed by atoms with Crippen LogP contribution < -0.4 is 0 Å². The van der Waals surface area contributed by atoms with Gasteiger partial charge in [0.25, 0.3) is 0 Å². The second kappa shape index (κ2) is 10.5. The molecule has 0 unspecified atom stereocenters. The van der Waals surface area contributed by atoms with Gasteiger partial charge < -0.3 is 0 Å². The predicted molar refractivity (Wildman–Crippen MR) is 185 cm³/mol. The summed E-state index contributed by atoms with van der Waals surface area (Å²) in [4.78, 5) is 14.5. The highest BCUT2D eigenvalue weighted by Crippen LogP contribution is 2.54. The molecule has 6 aromatic carbocycles. The first-order valence-electron chi connectivity index (χ1n) is 15.5. The highest BCUT2D eigenvalue weighted by molar-refractivity contribution is 5.93. The number of para-hydroxylation sites is 1. The average Bonchev–Trinajstić information content (AvgIpc) is 3.54. The van der Waals surface area contributed by atoms with Crippen molar-refractivity contribution in [2.24, 2.45) is 0 Å². The third-order valence-electron chi connectivity index (χ3n) is 9.22. The highest BCUT2D eigenvalue weighted by atomic mass is 15.1. The van der Waals surface area contributed by atoms with Gasteiger partial charge in [0.1, 0.15) is 0 Å². The molecule has 4 nitrogen and oxygen atoms in total. The molecule has 3 heterocycles. The second-order valence-corrected chi connectivity index (χ2v) is 11.6. The van der Waals surface area contributed by atoms with Crippen molar-refractivity contribution in [3.05, 3.63) is 192 Å². The molecule has 0 atom stereocenters. The molecule has 0 fully saturated rings. The third-order valence-corrected chi connectivity index (χ3v) is 9.22. The van der Waals surface area contributed by atoms with Gasteiger partial charge >= 0.3 is 0 Å². The molecule has 9 rings (SSSR count). The Bertz CT molecular complexity index is 2310. The molecule has 1 aliphatic rings. The lowest BCUT2D eigenvalue weighted by Gasteiger charge is -2.41. The molecular formula is C42H28N4. The summed E-state index contributed by atoms with van der Waals surface area (Å²) in [6.07, 6.45) is 3.56. The molecule has 0 bridgehead atoms. The van der Waals surface area contributed by atoms with Gasteiger partial charge in [0, 0.05) is 12.4 Å². The van der Waals surface area contributed by atoms with E-state index >= 15 is 0 Å². The van der Waals surface area contributed by atoms with E-state index in [0.717, 1.165) is 28.1 Å². The van der Waals surface area contributed by atoms with E-state index in [0.29, 0.717) is 5.82 Å². The van der Waals surface area contributed by atoms with Crippen molar-refractivity contribution in [3.8, 4) is 39.6 Å². The van der Waals surface area contributed by atoms with Gasteiger partial charge in [-0.1, -0.05) is 133 Å². The summed E-state index contributed by atoms with van der Waals surface area (Å²) >= 11 is 0. The van der Waals surface area contributed by atoms with Gasteiger partial charge in [0.15, 0.2) is 11.6 Å². The van der Waals surface area contributed by atoms with E-state index in [2.05, 4.69) is 166 Å². The van der Waals surface area contributed by atoms with Crippen LogP contribution >= 0.6 is 0 Å². The van der Waals surface area contributed by atoms with Crippen molar-refractivity contribution in [3.63, 3.8) is 0 Å². The minimum Gasteiger partial charge on any atom is -0.289 e. The normalized spacial score (nSPS) is 13.0. The maximum Gasteiger partial charge on any atom is 0.196 e. The van der Waals surface area contributed by atoms with Crippen LogP contribution in [0.25, 0.3) is 50.6 Å². The molecule has 8 aromatic rings. The molecule has 2 aromatic heterocycles. The summed E-state index contributed by atoms with van der Waals surface area (Å²) in [5.41, 5.74) is 11.9. The standard InChI is InChI=1S/C42H28N4/c1-4-14-29(15-5-1)33-20-10-11-21-34(33)30-24-25-38-36(28-30)42(31-16-6-2-7-17-31,32-18-8-3-9-19-32)35-22-12-23-37-39(35)46(38)41(45-37)40-43-26-13-27-44-40/h1-28H. The minimum absolute atomic E-state index is 0.598. The Morgan fingerprint density at radius 3 is 1.76 bits per heavy atom. The maximum atomic E-state index is 5.18. The van der Waals surface area contributed by atoms with E-state index in [-0.39, 0.29) is 0 Å². The van der Waals surface area contributed by atoms with E-state index in [4.69, 9.17) is 4.98 Å². The monoisotopic (exact) mass is 588 g/mol. The molecule has 0 amide bonds. The van der Waals surface area contributed by atoms with Crippen molar-refractivity contribution in [2.75, 3.05) is 0 Å². The molecule has 0 N–H and O–H groups in total. The van der Waals surface area contributed by atoms with Crippen LogP contribution in [0.2, 0.25) is 0 Å². The van der Waals surface area contributed by atoms with Crippen molar-refractivity contribution in [1.82, 2.24) is 19.5 Å². The molecule has 0 aliphatic carbocycles. The summed E-state index contributed by atoms with van der Waals surface area (Å²) in [6.45, 7) is 0. The van der Waals surface area contributed by atoms with Gasteiger partial charge in [-0.3, -0.25) is 4.57 Å². The SMILES string of the molecule is c1ccc(-c2ccccc2-c2ccc3c(c2)C(c2ccccc2)(c2ccccc2)c2cccc4nc(-c5ncccn5)n-3c24)cc1. The first kappa shape index (κ1) is 26.3. The fourth-order valence-corrected chi connectivity index (χ4v) is 7.34. The lowest BCUT2D eigenvalue weighted by atomic mass is 9.63. The van der Waals surface area contributed by atoms with Gasteiger partial charge in [0.2, 0.25) is 0 Å². The predicted octanol–water partition coefficient (Wildman–Crippen LogP) is 9.51. The second-order valence-electron chi connectivity index (χ2n) is 11.6. The Balaban J connectivity index is 1.44. The zero-order chi connectivity index (χ0) is 30.5. The lowest BCUT2D eigenvalue weighted by molar-refractivity contribution is 0.725. The Hall–Kier alpha value is -6.13. The Morgan fingerprint density at radius 2 is 1.09 bits per heavy atom. The molecule has 0 radical (unpaired) electrons. The van der Waals surface area contributed by atoms with Crippen molar-refractivity contribution in [1.29, 1.82) is 0 Å². The van der Waals surface area contributed by atoms with E-state index in [1.54, 1.807) is 12.4 Å². The van der Waals surface area contributed by atoms with Gasteiger partial charge in [-0.05, 0) is 68.8 Å². The molecule has 1 aliphatic heterocycles. The number of fused-ring (bicyclic) bond motifs is 2. The molecule has 0 saturated carbocycles. The van der Waals surface area contributed by atoms with Crippen molar-refractivity contribution >= 4 is 11.0 Å². The summed E-state index contributed by atoms with van der Waals surface area (Å²) in [6, 6.07) is 56.3. The number of benzene rings is 6. The van der Waals surface area contributed by atoms with E-state index in [1.165, 1.54) is 38.9 Å². The Morgan fingerprint density at radius 1 is 0.478 bits per heavy atom. The van der Waals surface area contributed by atoms with E-state index in [1.807, 2.05) is 6.07 Å². The number of hydrogen-bond acceptors (Lipinski definition) is 3. The van der Waals surface area contributed by atoms with Gasteiger partial charge in [-0.2, -0.15) is 0 Å². The van der Waals surface area contributed by atoms with Crippen LogP contribution in [0.1, 0.15) is 22.3 Å². The zero-order valence-electron chi connectivity index (χ0n) is 25.0. The number of nitrogens with zero attached hydrogens (tertiary/aromatic N) is 4. The molecule has 216 valence electrons. The molecule has 46 heavy (non-hydrogen) atoms. The Labute approximate surface area is 267 Å². The number of imidazole rings is 1. The highest BCUT2D eigenvalue weighted by Gasteiger charge is 2.46. The van der Waals surface area contributed by atoms with Crippen LogP contribution in [0.3, 0.4) is 0 Å². The van der Waals surface area contributed by atoms with Gasteiger partial charge in [-0.15, -0.1) is 0 Å². The first-order chi connectivity index (χ1) is 22.8. The molecule has 0 spiro atoms. The van der Waals surface area contributed by atoms with Crippen LogP contribution in [-0.2, 0) is 5.41 Å². The quantitative estimate of drug-likeness (QED) is 0.201. The number of rotatable bonds is 5. The van der Waals surface area contributed by atoms with Gasteiger partial charge in [-0.25, -0.2) is 15.0 Å². The topological polar surface area (TPSA) is 43.6 Å².